The zero-order valence-corrected chi connectivity index (χ0v) is 19.6. The lowest BCUT2D eigenvalue weighted by atomic mass is 9.97. The summed E-state index contributed by atoms with van der Waals surface area (Å²) >= 11 is 0. The molecule has 1 atom stereocenters. The van der Waals surface area contributed by atoms with Crippen LogP contribution < -0.4 is 15.5 Å². The van der Waals surface area contributed by atoms with Crippen molar-refractivity contribution in [2.24, 2.45) is 5.92 Å². The molecule has 1 heterocycles. The monoisotopic (exact) mass is 459 g/mol. The molecule has 2 N–H and O–H groups in total. The molecule has 4 rings (SSSR count). The van der Waals surface area contributed by atoms with Crippen molar-refractivity contribution >= 4 is 23.2 Å². The minimum Gasteiger partial charge on any atom is -0.371 e. The molecule has 6 heteroatoms. The second-order valence-corrected chi connectivity index (χ2v) is 8.97. The van der Waals surface area contributed by atoms with Crippen LogP contribution in [0.1, 0.15) is 59.0 Å². The van der Waals surface area contributed by atoms with Gasteiger partial charge in [0.1, 0.15) is 5.82 Å². The van der Waals surface area contributed by atoms with Gasteiger partial charge >= 0.3 is 0 Å². The number of rotatable bonds is 6. The van der Waals surface area contributed by atoms with Crippen LogP contribution in [-0.2, 0) is 0 Å². The van der Waals surface area contributed by atoms with Crippen LogP contribution in [0.3, 0.4) is 0 Å². The fourth-order valence-electron chi connectivity index (χ4n) is 4.25. The Morgan fingerprint density at radius 3 is 2.38 bits per heavy atom. The fraction of sp³-hybridized carbons (Fsp3) is 0.286. The Morgan fingerprint density at radius 2 is 1.68 bits per heavy atom. The molecule has 5 nitrogen and oxygen atoms in total. The van der Waals surface area contributed by atoms with E-state index in [0.717, 1.165) is 37.2 Å². The van der Waals surface area contributed by atoms with Crippen LogP contribution >= 0.6 is 0 Å². The lowest BCUT2D eigenvalue weighted by molar-refractivity contribution is 0.0939. The molecule has 176 valence electrons. The van der Waals surface area contributed by atoms with Gasteiger partial charge in [0.05, 0.1) is 11.6 Å². The van der Waals surface area contributed by atoms with Crippen LogP contribution in [0.4, 0.5) is 15.8 Å². The Kier molecular flexibility index (Phi) is 7.26. The lowest BCUT2D eigenvalue weighted by Gasteiger charge is -2.33. The summed E-state index contributed by atoms with van der Waals surface area (Å²) in [5.74, 6) is -0.441. The minimum atomic E-state index is -0.475. The summed E-state index contributed by atoms with van der Waals surface area (Å²) in [6.07, 6.45) is 2.14. The third kappa shape index (κ3) is 5.63. The summed E-state index contributed by atoms with van der Waals surface area (Å²) < 4.78 is 13.5. The van der Waals surface area contributed by atoms with Crippen LogP contribution in [0.2, 0.25) is 0 Å². The average Bonchev–Trinajstić information content (AvgIpc) is 2.85. The van der Waals surface area contributed by atoms with Crippen molar-refractivity contribution in [3.8, 4) is 0 Å². The Hall–Kier alpha value is -3.67. The molecule has 1 saturated heterocycles. The maximum absolute atomic E-state index is 13.5. The van der Waals surface area contributed by atoms with Crippen molar-refractivity contribution in [3.63, 3.8) is 0 Å². The Balaban J connectivity index is 1.60. The Bertz CT molecular complexity index is 1160. The standard InChI is InChI=1S/C28H30FN3O2/c1-19-13-15-32(16-14-19)26-12-11-24(31-27(33)22-9-6-10-23(29)17-22)18-25(26)28(34)30-20(2)21-7-4-3-5-8-21/h3-12,17-20H,13-16H2,1-2H3,(H,30,34)(H,31,33). The highest BCUT2D eigenvalue weighted by molar-refractivity contribution is 6.06. The highest BCUT2D eigenvalue weighted by atomic mass is 19.1. The number of hydrogen-bond donors (Lipinski definition) is 2. The van der Waals surface area contributed by atoms with Crippen LogP contribution in [-0.4, -0.2) is 24.9 Å². The van der Waals surface area contributed by atoms with Crippen LogP contribution in [0.25, 0.3) is 0 Å². The number of piperidine rings is 1. The van der Waals surface area contributed by atoms with Gasteiger partial charge in [-0.25, -0.2) is 4.39 Å². The van der Waals surface area contributed by atoms with E-state index in [4.69, 9.17) is 0 Å². The summed E-state index contributed by atoms with van der Waals surface area (Å²) in [5.41, 5.74) is 3.08. The maximum atomic E-state index is 13.5. The summed E-state index contributed by atoms with van der Waals surface area (Å²) in [6.45, 7) is 5.96. The summed E-state index contributed by atoms with van der Waals surface area (Å²) in [6, 6.07) is 20.5. The third-order valence-electron chi connectivity index (χ3n) is 6.36. The zero-order chi connectivity index (χ0) is 24.1. The number of amides is 2. The molecule has 3 aromatic rings. The van der Waals surface area contributed by atoms with Crippen LogP contribution in [0.5, 0.6) is 0 Å². The van der Waals surface area contributed by atoms with E-state index in [0.29, 0.717) is 17.2 Å². The van der Waals surface area contributed by atoms with E-state index in [1.807, 2.05) is 43.3 Å². The van der Waals surface area contributed by atoms with Crippen molar-refractivity contribution in [2.45, 2.75) is 32.7 Å². The molecule has 1 aliphatic heterocycles. The molecule has 3 aromatic carbocycles. The highest BCUT2D eigenvalue weighted by Crippen LogP contribution is 2.29. The molecule has 1 fully saturated rings. The number of hydrogen-bond acceptors (Lipinski definition) is 3. The first kappa shape index (κ1) is 23.5. The van der Waals surface area contributed by atoms with E-state index in [1.165, 1.54) is 18.2 Å². The van der Waals surface area contributed by atoms with Crippen molar-refractivity contribution in [1.82, 2.24) is 5.32 Å². The smallest absolute Gasteiger partial charge is 0.255 e. The normalized spacial score (nSPS) is 15.0. The SMILES string of the molecule is CC1CCN(c2ccc(NC(=O)c3cccc(F)c3)cc2C(=O)NC(C)c2ccccc2)CC1. The van der Waals surface area contributed by atoms with Crippen molar-refractivity contribution in [3.05, 3.63) is 95.3 Å². The van der Waals surface area contributed by atoms with E-state index in [9.17, 15) is 14.0 Å². The molecule has 0 bridgehead atoms. The number of carbonyl (C=O) groups is 2. The van der Waals surface area contributed by atoms with Gasteiger partial charge in [0.2, 0.25) is 0 Å². The fourth-order valence-corrected chi connectivity index (χ4v) is 4.25. The predicted octanol–water partition coefficient (Wildman–Crippen LogP) is 5.81. The number of halogens is 1. The Labute approximate surface area is 200 Å². The molecule has 2 amide bonds. The molecular weight excluding hydrogens is 429 g/mol. The maximum Gasteiger partial charge on any atom is 0.255 e. The van der Waals surface area contributed by atoms with Crippen molar-refractivity contribution in [1.29, 1.82) is 0 Å². The molecular formula is C28H30FN3O2. The number of nitrogens with one attached hydrogen (secondary N) is 2. The lowest BCUT2D eigenvalue weighted by Crippen LogP contribution is -2.35. The van der Waals surface area contributed by atoms with Gasteiger partial charge in [-0.3, -0.25) is 9.59 Å². The van der Waals surface area contributed by atoms with E-state index in [2.05, 4.69) is 22.5 Å². The van der Waals surface area contributed by atoms with Gasteiger partial charge in [0.15, 0.2) is 0 Å². The molecule has 0 saturated carbocycles. The third-order valence-corrected chi connectivity index (χ3v) is 6.36. The summed E-state index contributed by atoms with van der Waals surface area (Å²) in [4.78, 5) is 28.3. The van der Waals surface area contributed by atoms with E-state index >= 15 is 0 Å². The molecule has 0 spiro atoms. The van der Waals surface area contributed by atoms with Crippen LogP contribution in [0.15, 0.2) is 72.8 Å². The number of carbonyl (C=O) groups excluding carboxylic acids is 2. The molecule has 0 radical (unpaired) electrons. The van der Waals surface area contributed by atoms with E-state index in [1.54, 1.807) is 18.2 Å². The quantitative estimate of drug-likeness (QED) is 0.489. The molecule has 34 heavy (non-hydrogen) atoms. The number of anilines is 2. The van der Waals surface area contributed by atoms with E-state index < -0.39 is 11.7 Å². The second-order valence-electron chi connectivity index (χ2n) is 8.97. The highest BCUT2D eigenvalue weighted by Gasteiger charge is 2.23. The Morgan fingerprint density at radius 1 is 0.941 bits per heavy atom. The minimum absolute atomic E-state index is 0.173. The topological polar surface area (TPSA) is 61.4 Å². The van der Waals surface area contributed by atoms with Gasteiger partial charge in [0.25, 0.3) is 11.8 Å². The van der Waals surface area contributed by atoms with Gasteiger partial charge < -0.3 is 15.5 Å². The van der Waals surface area contributed by atoms with Crippen molar-refractivity contribution < 1.29 is 14.0 Å². The first-order valence-corrected chi connectivity index (χ1v) is 11.7. The van der Waals surface area contributed by atoms with Gasteiger partial charge in [-0.2, -0.15) is 0 Å². The average molecular weight is 460 g/mol. The summed E-state index contributed by atoms with van der Waals surface area (Å²) in [7, 11) is 0. The van der Waals surface area contributed by atoms with Gasteiger partial charge in [0, 0.05) is 30.0 Å². The van der Waals surface area contributed by atoms with Crippen LogP contribution in [0, 0.1) is 11.7 Å². The van der Waals surface area contributed by atoms with Crippen molar-refractivity contribution in [2.75, 3.05) is 23.3 Å². The van der Waals surface area contributed by atoms with Gasteiger partial charge in [-0.05, 0) is 67.6 Å². The first-order valence-electron chi connectivity index (χ1n) is 11.7. The second kappa shape index (κ2) is 10.5. The van der Waals surface area contributed by atoms with Gasteiger partial charge in [-0.15, -0.1) is 0 Å². The van der Waals surface area contributed by atoms with Gasteiger partial charge in [-0.1, -0.05) is 43.3 Å². The molecule has 1 unspecified atom stereocenters. The molecule has 1 aliphatic rings. The van der Waals surface area contributed by atoms with E-state index in [-0.39, 0.29) is 17.5 Å². The number of nitrogens with zero attached hydrogens (tertiary/aromatic N) is 1. The summed E-state index contributed by atoms with van der Waals surface area (Å²) in [5, 5.41) is 5.89. The molecule has 0 aliphatic carbocycles. The number of benzene rings is 3. The zero-order valence-electron chi connectivity index (χ0n) is 19.6. The predicted molar refractivity (Wildman–Crippen MR) is 134 cm³/mol. The first-order chi connectivity index (χ1) is 16.4. The largest absolute Gasteiger partial charge is 0.371 e. The molecule has 0 aromatic heterocycles.